The van der Waals surface area contributed by atoms with Gasteiger partial charge in [0.05, 0.1) is 48.6 Å². The lowest BCUT2D eigenvalue weighted by Crippen LogP contribution is -2.33. The summed E-state index contributed by atoms with van der Waals surface area (Å²) in [4.78, 5) is 27.7. The van der Waals surface area contributed by atoms with E-state index in [0.29, 0.717) is 22.9 Å². The van der Waals surface area contributed by atoms with Crippen molar-refractivity contribution in [3.8, 4) is 11.5 Å². The van der Waals surface area contributed by atoms with Crippen LogP contribution >= 0.6 is 11.6 Å². The number of aryl methyl sites for hydroxylation is 1. The lowest BCUT2D eigenvalue weighted by atomic mass is 9.94. The number of aliphatic hydroxyl groups excluding tert-OH is 1. The zero-order valence-electron chi connectivity index (χ0n) is 20.1. The number of carbonyl (C=O) groups excluding carboxylic acids is 2. The maximum absolute atomic E-state index is 13.2. The summed E-state index contributed by atoms with van der Waals surface area (Å²) in [5, 5.41) is 11.6. The van der Waals surface area contributed by atoms with Crippen LogP contribution < -0.4 is 9.47 Å². The van der Waals surface area contributed by atoms with E-state index in [4.69, 9.17) is 25.8 Å². The number of likely N-dealkylation sites (tertiary alicyclic amines) is 1. The minimum absolute atomic E-state index is 0.0283. The van der Waals surface area contributed by atoms with Crippen LogP contribution in [0.25, 0.3) is 5.76 Å². The van der Waals surface area contributed by atoms with Crippen molar-refractivity contribution in [1.82, 2.24) is 4.90 Å². The molecule has 0 radical (unpaired) electrons. The first-order chi connectivity index (χ1) is 16.2. The summed E-state index contributed by atoms with van der Waals surface area (Å²) in [6.45, 7) is 8.43. The summed E-state index contributed by atoms with van der Waals surface area (Å²) in [5.41, 5.74) is 1.65. The molecular formula is C26H30ClNO6. The predicted octanol–water partition coefficient (Wildman–Crippen LogP) is 4.90. The largest absolute Gasteiger partial charge is 0.507 e. The van der Waals surface area contributed by atoms with E-state index < -0.39 is 17.7 Å². The van der Waals surface area contributed by atoms with Crippen LogP contribution in [0.1, 0.15) is 43.5 Å². The SMILES string of the molecule is CCOc1ccc(C2/C(=C(\O)c3cc(C)cc(Cl)c3OC)C(=O)C(=O)N2CCOC(C)C)cc1. The Morgan fingerprint density at radius 1 is 1.18 bits per heavy atom. The average molecular weight is 488 g/mol. The number of rotatable bonds is 9. The first-order valence-corrected chi connectivity index (χ1v) is 11.5. The minimum atomic E-state index is -0.810. The fourth-order valence-corrected chi connectivity index (χ4v) is 4.37. The summed E-state index contributed by atoms with van der Waals surface area (Å²) in [6.07, 6.45) is -0.0283. The lowest BCUT2D eigenvalue weighted by Gasteiger charge is -2.26. The first kappa shape index (κ1) is 25.6. The van der Waals surface area contributed by atoms with Gasteiger partial charge >= 0.3 is 0 Å². The lowest BCUT2D eigenvalue weighted by molar-refractivity contribution is -0.140. The van der Waals surface area contributed by atoms with E-state index in [1.54, 1.807) is 36.4 Å². The van der Waals surface area contributed by atoms with Crippen molar-refractivity contribution in [1.29, 1.82) is 0 Å². The summed E-state index contributed by atoms with van der Waals surface area (Å²) in [6, 6.07) is 9.67. The highest BCUT2D eigenvalue weighted by Crippen LogP contribution is 2.42. The van der Waals surface area contributed by atoms with Crippen LogP contribution in [-0.4, -0.2) is 54.7 Å². The zero-order valence-corrected chi connectivity index (χ0v) is 20.8. The molecule has 0 aliphatic carbocycles. The molecule has 1 aliphatic rings. The van der Waals surface area contributed by atoms with Crippen LogP contribution in [0, 0.1) is 6.92 Å². The number of carbonyl (C=O) groups is 2. The molecule has 34 heavy (non-hydrogen) atoms. The molecule has 1 amide bonds. The highest BCUT2D eigenvalue weighted by Gasteiger charge is 2.46. The van der Waals surface area contributed by atoms with Crippen LogP contribution in [0.2, 0.25) is 5.02 Å². The quantitative estimate of drug-likeness (QED) is 0.307. The molecule has 1 heterocycles. The Balaban J connectivity index is 2.16. The van der Waals surface area contributed by atoms with Crippen molar-refractivity contribution < 1.29 is 28.9 Å². The van der Waals surface area contributed by atoms with Gasteiger partial charge in [-0.2, -0.15) is 0 Å². The first-order valence-electron chi connectivity index (χ1n) is 11.2. The molecule has 1 saturated heterocycles. The molecule has 1 N–H and O–H groups in total. The van der Waals surface area contributed by atoms with Crippen LogP contribution in [0.5, 0.6) is 11.5 Å². The maximum Gasteiger partial charge on any atom is 0.295 e. The number of benzene rings is 2. The van der Waals surface area contributed by atoms with Gasteiger partial charge < -0.3 is 24.2 Å². The molecule has 0 aromatic heterocycles. The Morgan fingerprint density at radius 3 is 2.44 bits per heavy atom. The molecule has 2 aromatic rings. The number of nitrogens with zero attached hydrogens (tertiary/aromatic N) is 1. The zero-order chi connectivity index (χ0) is 25.0. The Morgan fingerprint density at radius 2 is 1.85 bits per heavy atom. The van der Waals surface area contributed by atoms with Gasteiger partial charge in [-0.05, 0) is 63.1 Å². The molecule has 8 heteroatoms. The monoisotopic (exact) mass is 487 g/mol. The van der Waals surface area contributed by atoms with Crippen molar-refractivity contribution in [2.75, 3.05) is 26.9 Å². The molecule has 0 spiro atoms. The van der Waals surface area contributed by atoms with E-state index in [-0.39, 0.29) is 41.9 Å². The number of amides is 1. The van der Waals surface area contributed by atoms with Crippen molar-refractivity contribution in [2.45, 2.75) is 39.8 Å². The molecule has 182 valence electrons. The summed E-state index contributed by atoms with van der Waals surface area (Å²) < 4.78 is 16.6. The molecule has 7 nitrogen and oxygen atoms in total. The summed E-state index contributed by atoms with van der Waals surface area (Å²) in [5.74, 6) is -0.930. The predicted molar refractivity (Wildman–Crippen MR) is 130 cm³/mol. The van der Waals surface area contributed by atoms with E-state index in [1.165, 1.54) is 12.0 Å². The van der Waals surface area contributed by atoms with Gasteiger partial charge in [0.1, 0.15) is 17.3 Å². The van der Waals surface area contributed by atoms with Gasteiger partial charge in [-0.25, -0.2) is 0 Å². The third-order valence-electron chi connectivity index (χ3n) is 5.48. The van der Waals surface area contributed by atoms with Gasteiger partial charge in [0.15, 0.2) is 0 Å². The Labute approximate surface area is 204 Å². The molecule has 0 bridgehead atoms. The molecule has 2 aromatic carbocycles. The van der Waals surface area contributed by atoms with Crippen LogP contribution in [0.4, 0.5) is 0 Å². The Bertz CT molecular complexity index is 1090. The standard InChI is InChI=1S/C26H30ClNO6/c1-6-33-18-9-7-17(8-10-18)22-21(24(30)26(31)28(22)11-12-34-15(2)3)23(29)19-13-16(4)14-20(27)25(19)32-5/h7-10,13-15,22,29H,6,11-12H2,1-5H3/b23-21+. The molecule has 3 rings (SSSR count). The van der Waals surface area contributed by atoms with Gasteiger partial charge in [0.2, 0.25) is 0 Å². The molecule has 1 aliphatic heterocycles. The topological polar surface area (TPSA) is 85.3 Å². The Hall–Kier alpha value is -3.03. The number of hydrogen-bond acceptors (Lipinski definition) is 6. The minimum Gasteiger partial charge on any atom is -0.507 e. The second kappa shape index (κ2) is 10.9. The number of halogens is 1. The Kier molecular flexibility index (Phi) is 8.23. The van der Waals surface area contributed by atoms with Crippen molar-refractivity contribution >= 4 is 29.1 Å². The highest BCUT2D eigenvalue weighted by molar-refractivity contribution is 6.46. The fourth-order valence-electron chi connectivity index (χ4n) is 4.01. The van der Waals surface area contributed by atoms with E-state index >= 15 is 0 Å². The summed E-state index contributed by atoms with van der Waals surface area (Å²) in [7, 11) is 1.43. The highest BCUT2D eigenvalue weighted by atomic mass is 35.5. The second-order valence-corrected chi connectivity index (χ2v) is 8.65. The van der Waals surface area contributed by atoms with E-state index in [0.717, 1.165) is 5.56 Å². The van der Waals surface area contributed by atoms with Gasteiger partial charge in [0, 0.05) is 6.54 Å². The number of ether oxygens (including phenoxy) is 3. The van der Waals surface area contributed by atoms with Gasteiger partial charge in [-0.1, -0.05) is 23.7 Å². The number of methoxy groups -OCH3 is 1. The average Bonchev–Trinajstić information content (AvgIpc) is 3.03. The molecule has 1 unspecified atom stereocenters. The molecule has 0 saturated carbocycles. The number of Topliss-reactive ketones (excluding diaryl/α,β-unsaturated/α-hetero) is 1. The van der Waals surface area contributed by atoms with Crippen molar-refractivity contribution in [2.24, 2.45) is 0 Å². The van der Waals surface area contributed by atoms with Crippen LogP contribution in [0.3, 0.4) is 0 Å². The van der Waals surface area contributed by atoms with Crippen LogP contribution in [-0.2, 0) is 14.3 Å². The fraction of sp³-hybridized carbons (Fsp3) is 0.385. The van der Waals surface area contributed by atoms with E-state index in [9.17, 15) is 14.7 Å². The van der Waals surface area contributed by atoms with E-state index in [1.807, 2.05) is 27.7 Å². The normalized spacial score (nSPS) is 17.5. The number of aliphatic hydroxyl groups is 1. The van der Waals surface area contributed by atoms with Crippen LogP contribution in [0.15, 0.2) is 42.0 Å². The van der Waals surface area contributed by atoms with Gasteiger partial charge in [0.25, 0.3) is 11.7 Å². The molecule has 1 fully saturated rings. The van der Waals surface area contributed by atoms with Crippen molar-refractivity contribution in [3.05, 3.63) is 63.7 Å². The second-order valence-electron chi connectivity index (χ2n) is 8.24. The van der Waals surface area contributed by atoms with Crippen molar-refractivity contribution in [3.63, 3.8) is 0 Å². The smallest absolute Gasteiger partial charge is 0.295 e. The number of hydrogen-bond donors (Lipinski definition) is 1. The molecular weight excluding hydrogens is 458 g/mol. The van der Waals surface area contributed by atoms with Gasteiger partial charge in [-0.15, -0.1) is 0 Å². The van der Waals surface area contributed by atoms with E-state index in [2.05, 4.69) is 0 Å². The van der Waals surface area contributed by atoms with Gasteiger partial charge in [-0.3, -0.25) is 9.59 Å². The number of ketones is 1. The molecule has 1 atom stereocenters. The third kappa shape index (κ3) is 5.21. The summed E-state index contributed by atoms with van der Waals surface area (Å²) >= 11 is 6.33. The third-order valence-corrected chi connectivity index (χ3v) is 5.76. The maximum atomic E-state index is 13.2.